The standard InChI is InChI=1S/C24H24ClFN2O6S/c1-4-34-18-9-11-19(12-10-18)35(30,31)28(17-7-5-16(26)6-8-17)15-24(29)27-21-14-22(32-2)20(25)13-23(21)33-3/h5-14H,4,15H2,1-3H3,(H,27,29). The van der Waals surface area contributed by atoms with Crippen LogP contribution in [0, 0.1) is 5.82 Å². The van der Waals surface area contributed by atoms with Gasteiger partial charge in [-0.2, -0.15) is 0 Å². The Labute approximate surface area is 208 Å². The molecule has 0 heterocycles. The lowest BCUT2D eigenvalue weighted by Crippen LogP contribution is -2.38. The highest BCUT2D eigenvalue weighted by molar-refractivity contribution is 7.92. The van der Waals surface area contributed by atoms with Gasteiger partial charge in [-0.25, -0.2) is 12.8 Å². The van der Waals surface area contributed by atoms with Crippen LogP contribution in [0.4, 0.5) is 15.8 Å². The number of hydrogen-bond acceptors (Lipinski definition) is 6. The number of rotatable bonds is 10. The van der Waals surface area contributed by atoms with Crippen LogP contribution in [0.1, 0.15) is 6.92 Å². The largest absolute Gasteiger partial charge is 0.495 e. The summed E-state index contributed by atoms with van der Waals surface area (Å²) in [6, 6.07) is 13.5. The van der Waals surface area contributed by atoms with E-state index in [-0.39, 0.29) is 27.0 Å². The van der Waals surface area contributed by atoms with E-state index in [1.807, 2.05) is 6.92 Å². The fraction of sp³-hybridized carbons (Fsp3) is 0.208. The highest BCUT2D eigenvalue weighted by Crippen LogP contribution is 2.36. The molecule has 0 aliphatic carbocycles. The Hall–Kier alpha value is -3.50. The molecule has 0 spiro atoms. The number of nitrogens with zero attached hydrogens (tertiary/aromatic N) is 1. The number of nitrogens with one attached hydrogen (secondary N) is 1. The number of amides is 1. The van der Waals surface area contributed by atoms with Gasteiger partial charge in [-0.3, -0.25) is 9.10 Å². The first-order valence-electron chi connectivity index (χ1n) is 10.4. The molecule has 1 N–H and O–H groups in total. The van der Waals surface area contributed by atoms with Crippen molar-refractivity contribution in [3.05, 3.63) is 71.5 Å². The maximum absolute atomic E-state index is 13.5. The lowest BCUT2D eigenvalue weighted by molar-refractivity contribution is -0.114. The quantitative estimate of drug-likeness (QED) is 0.414. The van der Waals surface area contributed by atoms with E-state index < -0.39 is 28.3 Å². The molecule has 1 amide bonds. The minimum Gasteiger partial charge on any atom is -0.495 e. The molecule has 0 atom stereocenters. The Morgan fingerprint density at radius 1 is 1.00 bits per heavy atom. The number of carbonyl (C=O) groups excluding carboxylic acids is 1. The molecule has 3 aromatic rings. The summed E-state index contributed by atoms with van der Waals surface area (Å²) in [4.78, 5) is 12.9. The van der Waals surface area contributed by atoms with E-state index >= 15 is 0 Å². The van der Waals surface area contributed by atoms with E-state index in [9.17, 15) is 17.6 Å². The van der Waals surface area contributed by atoms with Gasteiger partial charge in [0.15, 0.2) is 0 Å². The lowest BCUT2D eigenvalue weighted by Gasteiger charge is -2.24. The van der Waals surface area contributed by atoms with Crippen molar-refractivity contribution in [1.82, 2.24) is 0 Å². The van der Waals surface area contributed by atoms with Gasteiger partial charge in [0.2, 0.25) is 5.91 Å². The molecule has 11 heteroatoms. The molecule has 8 nitrogen and oxygen atoms in total. The van der Waals surface area contributed by atoms with Gasteiger partial charge >= 0.3 is 0 Å². The Balaban J connectivity index is 1.95. The van der Waals surface area contributed by atoms with Crippen LogP contribution in [0.5, 0.6) is 17.2 Å². The smallest absolute Gasteiger partial charge is 0.264 e. The normalized spacial score (nSPS) is 11.0. The Kier molecular flexibility index (Phi) is 8.42. The fourth-order valence-electron chi connectivity index (χ4n) is 3.20. The first-order valence-corrected chi connectivity index (χ1v) is 12.2. The highest BCUT2D eigenvalue weighted by atomic mass is 35.5. The molecule has 35 heavy (non-hydrogen) atoms. The highest BCUT2D eigenvalue weighted by Gasteiger charge is 2.28. The van der Waals surface area contributed by atoms with Crippen LogP contribution in [0.3, 0.4) is 0 Å². The third-order valence-electron chi connectivity index (χ3n) is 4.87. The lowest BCUT2D eigenvalue weighted by atomic mass is 10.2. The number of anilines is 2. The molecule has 0 radical (unpaired) electrons. The van der Waals surface area contributed by atoms with Crippen molar-refractivity contribution in [2.45, 2.75) is 11.8 Å². The third kappa shape index (κ3) is 6.14. The molecule has 3 rings (SSSR count). The number of methoxy groups -OCH3 is 2. The zero-order valence-electron chi connectivity index (χ0n) is 19.2. The zero-order chi connectivity index (χ0) is 25.6. The molecule has 0 aliphatic rings. The number of sulfonamides is 1. The predicted octanol–water partition coefficient (Wildman–Crippen LogP) is 4.73. The van der Waals surface area contributed by atoms with Crippen molar-refractivity contribution in [1.29, 1.82) is 0 Å². The Bertz CT molecular complexity index is 1280. The molecule has 0 saturated heterocycles. The minimum absolute atomic E-state index is 0.0659. The number of hydrogen-bond donors (Lipinski definition) is 1. The second-order valence-corrected chi connectivity index (χ2v) is 9.40. The Morgan fingerprint density at radius 3 is 2.20 bits per heavy atom. The van der Waals surface area contributed by atoms with Crippen molar-refractivity contribution >= 4 is 38.9 Å². The first-order chi connectivity index (χ1) is 16.7. The average Bonchev–Trinajstić information content (AvgIpc) is 2.84. The third-order valence-corrected chi connectivity index (χ3v) is 6.96. The zero-order valence-corrected chi connectivity index (χ0v) is 20.8. The van der Waals surface area contributed by atoms with E-state index in [1.165, 1.54) is 62.8 Å². The second kappa shape index (κ2) is 11.3. The maximum Gasteiger partial charge on any atom is 0.264 e. The monoisotopic (exact) mass is 522 g/mol. The molecule has 0 aliphatic heterocycles. The molecular weight excluding hydrogens is 499 g/mol. The van der Waals surface area contributed by atoms with E-state index in [4.69, 9.17) is 25.8 Å². The summed E-state index contributed by atoms with van der Waals surface area (Å²) in [6.07, 6.45) is 0. The van der Waals surface area contributed by atoms with Crippen LogP contribution < -0.4 is 23.8 Å². The van der Waals surface area contributed by atoms with Crippen molar-refractivity contribution in [2.75, 3.05) is 37.0 Å². The van der Waals surface area contributed by atoms with Crippen LogP contribution in [-0.4, -0.2) is 41.7 Å². The van der Waals surface area contributed by atoms with E-state index in [0.29, 0.717) is 18.1 Å². The Morgan fingerprint density at radius 2 is 1.63 bits per heavy atom. The van der Waals surface area contributed by atoms with E-state index in [0.717, 1.165) is 16.4 Å². The summed E-state index contributed by atoms with van der Waals surface area (Å²) in [6.45, 7) is 1.63. The molecule has 3 aromatic carbocycles. The van der Waals surface area contributed by atoms with Crippen molar-refractivity contribution in [3.63, 3.8) is 0 Å². The van der Waals surface area contributed by atoms with Gasteiger partial charge in [-0.1, -0.05) is 11.6 Å². The summed E-state index contributed by atoms with van der Waals surface area (Å²) < 4.78 is 57.2. The van der Waals surface area contributed by atoms with Gasteiger partial charge in [0.25, 0.3) is 10.0 Å². The summed E-state index contributed by atoms with van der Waals surface area (Å²) in [5.74, 6) is -0.172. The van der Waals surface area contributed by atoms with Gasteiger partial charge in [0.05, 0.1) is 42.1 Å². The number of ether oxygens (including phenoxy) is 3. The maximum atomic E-state index is 13.5. The van der Waals surface area contributed by atoms with Crippen LogP contribution in [0.15, 0.2) is 65.6 Å². The fourth-order valence-corrected chi connectivity index (χ4v) is 4.85. The topological polar surface area (TPSA) is 94.2 Å². The SMILES string of the molecule is CCOc1ccc(S(=O)(=O)N(CC(=O)Nc2cc(OC)c(Cl)cc2OC)c2ccc(F)cc2)cc1. The molecule has 186 valence electrons. The molecule has 0 unspecified atom stereocenters. The van der Waals surface area contributed by atoms with Crippen LogP contribution >= 0.6 is 11.6 Å². The average molecular weight is 523 g/mol. The predicted molar refractivity (Wildman–Crippen MR) is 132 cm³/mol. The molecular formula is C24H24ClFN2O6S. The van der Waals surface area contributed by atoms with Crippen molar-refractivity contribution < 1.29 is 31.8 Å². The van der Waals surface area contributed by atoms with Gasteiger partial charge in [-0.15, -0.1) is 0 Å². The van der Waals surface area contributed by atoms with E-state index in [1.54, 1.807) is 0 Å². The first kappa shape index (κ1) is 26.1. The molecule has 0 aromatic heterocycles. The van der Waals surface area contributed by atoms with Gasteiger partial charge in [0, 0.05) is 12.1 Å². The summed E-state index contributed by atoms with van der Waals surface area (Å²) >= 11 is 6.11. The molecule has 0 fully saturated rings. The summed E-state index contributed by atoms with van der Waals surface area (Å²) in [5, 5.41) is 2.89. The minimum atomic E-state index is -4.20. The number of carbonyl (C=O) groups is 1. The van der Waals surface area contributed by atoms with E-state index in [2.05, 4.69) is 5.32 Å². The van der Waals surface area contributed by atoms with Gasteiger partial charge < -0.3 is 19.5 Å². The van der Waals surface area contributed by atoms with Crippen molar-refractivity contribution in [2.24, 2.45) is 0 Å². The summed E-state index contributed by atoms with van der Waals surface area (Å²) in [7, 11) is -1.39. The molecule has 0 saturated carbocycles. The van der Waals surface area contributed by atoms with Crippen LogP contribution in [0.2, 0.25) is 5.02 Å². The molecule has 0 bridgehead atoms. The number of halogens is 2. The second-order valence-electron chi connectivity index (χ2n) is 7.13. The number of benzene rings is 3. The van der Waals surface area contributed by atoms with Gasteiger partial charge in [0.1, 0.15) is 29.6 Å². The van der Waals surface area contributed by atoms with Crippen LogP contribution in [0.25, 0.3) is 0 Å². The van der Waals surface area contributed by atoms with Crippen LogP contribution in [-0.2, 0) is 14.8 Å². The van der Waals surface area contributed by atoms with Crippen molar-refractivity contribution in [3.8, 4) is 17.2 Å². The summed E-state index contributed by atoms with van der Waals surface area (Å²) in [5.41, 5.74) is 0.340. The van der Waals surface area contributed by atoms with Gasteiger partial charge in [-0.05, 0) is 55.5 Å².